The van der Waals surface area contributed by atoms with E-state index in [9.17, 15) is 4.79 Å². The molecule has 1 aliphatic heterocycles. The highest BCUT2D eigenvalue weighted by Gasteiger charge is 2.28. The zero-order chi connectivity index (χ0) is 13.3. The fourth-order valence-electron chi connectivity index (χ4n) is 1.93. The number of methoxy groups -OCH3 is 1. The molecule has 0 bridgehead atoms. The Morgan fingerprint density at radius 3 is 2.83 bits per heavy atom. The number of amides is 1. The van der Waals surface area contributed by atoms with Crippen LogP contribution in [0.15, 0.2) is 0 Å². The Bertz CT molecular complexity index is 463. The number of carbonyl (C=O) groups is 1. The number of thioether (sulfide) groups is 1. The number of anilines is 1. The molecule has 0 aromatic carbocycles. The Balaban J connectivity index is 2.34. The minimum absolute atomic E-state index is 0.0667. The number of ether oxygens (including phenoxy) is 1. The zero-order valence-electron chi connectivity index (χ0n) is 11.2. The molecule has 1 N–H and O–H groups in total. The average Bonchev–Trinajstić information content (AvgIpc) is 2.79. The molecule has 0 radical (unpaired) electrons. The Kier molecular flexibility index (Phi) is 3.68. The molecule has 1 amide bonds. The SMILES string of the molecule is COCC(=O)Nc1c2c(nn1C(C)(C)C)CSC2. The normalized spacial score (nSPS) is 14.7. The molecule has 6 heteroatoms. The summed E-state index contributed by atoms with van der Waals surface area (Å²) in [4.78, 5) is 11.7. The van der Waals surface area contributed by atoms with Crippen molar-refractivity contribution >= 4 is 23.5 Å². The third kappa shape index (κ3) is 2.54. The largest absolute Gasteiger partial charge is 0.375 e. The summed E-state index contributed by atoms with van der Waals surface area (Å²) >= 11 is 1.83. The van der Waals surface area contributed by atoms with Crippen LogP contribution in [0, 0.1) is 0 Å². The van der Waals surface area contributed by atoms with Gasteiger partial charge in [0.2, 0.25) is 0 Å². The van der Waals surface area contributed by atoms with Crippen molar-refractivity contribution < 1.29 is 9.53 Å². The van der Waals surface area contributed by atoms with E-state index in [0.717, 1.165) is 28.6 Å². The molecule has 5 nitrogen and oxygen atoms in total. The molecule has 1 aliphatic rings. The van der Waals surface area contributed by atoms with Gasteiger partial charge in [0.1, 0.15) is 12.4 Å². The Morgan fingerprint density at radius 1 is 1.50 bits per heavy atom. The topological polar surface area (TPSA) is 56.1 Å². The molecule has 0 unspecified atom stereocenters. The smallest absolute Gasteiger partial charge is 0.251 e. The number of hydrogen-bond donors (Lipinski definition) is 1. The van der Waals surface area contributed by atoms with E-state index in [2.05, 4.69) is 31.2 Å². The molecule has 0 saturated heterocycles. The zero-order valence-corrected chi connectivity index (χ0v) is 12.1. The fourth-order valence-corrected chi connectivity index (χ4v) is 2.96. The van der Waals surface area contributed by atoms with Crippen molar-refractivity contribution in [2.75, 3.05) is 19.0 Å². The van der Waals surface area contributed by atoms with Crippen LogP contribution in [0.25, 0.3) is 0 Å². The summed E-state index contributed by atoms with van der Waals surface area (Å²) in [5, 5.41) is 7.54. The van der Waals surface area contributed by atoms with E-state index in [-0.39, 0.29) is 18.1 Å². The van der Waals surface area contributed by atoms with Gasteiger partial charge in [0.15, 0.2) is 0 Å². The molecule has 0 atom stereocenters. The molecular formula is C12H19N3O2S. The van der Waals surface area contributed by atoms with E-state index in [1.54, 1.807) is 0 Å². The Labute approximate surface area is 111 Å². The van der Waals surface area contributed by atoms with E-state index in [1.165, 1.54) is 7.11 Å². The van der Waals surface area contributed by atoms with Gasteiger partial charge in [-0.05, 0) is 20.8 Å². The number of nitrogens with zero attached hydrogens (tertiary/aromatic N) is 2. The van der Waals surface area contributed by atoms with Crippen molar-refractivity contribution in [3.63, 3.8) is 0 Å². The number of nitrogens with one attached hydrogen (secondary N) is 1. The fraction of sp³-hybridized carbons (Fsp3) is 0.667. The molecule has 2 rings (SSSR count). The van der Waals surface area contributed by atoms with Crippen LogP contribution in [0.4, 0.5) is 5.82 Å². The lowest BCUT2D eigenvalue weighted by Crippen LogP contribution is -2.28. The summed E-state index contributed by atoms with van der Waals surface area (Å²) < 4.78 is 6.76. The highest BCUT2D eigenvalue weighted by atomic mass is 32.2. The van der Waals surface area contributed by atoms with E-state index < -0.39 is 0 Å². The van der Waals surface area contributed by atoms with Crippen molar-refractivity contribution in [3.8, 4) is 0 Å². The molecule has 18 heavy (non-hydrogen) atoms. The van der Waals surface area contributed by atoms with Crippen molar-refractivity contribution in [3.05, 3.63) is 11.3 Å². The van der Waals surface area contributed by atoms with Crippen LogP contribution in [0.5, 0.6) is 0 Å². The van der Waals surface area contributed by atoms with Crippen molar-refractivity contribution in [2.24, 2.45) is 0 Å². The molecule has 0 fully saturated rings. The van der Waals surface area contributed by atoms with Crippen LogP contribution >= 0.6 is 11.8 Å². The quantitative estimate of drug-likeness (QED) is 0.911. The maximum Gasteiger partial charge on any atom is 0.251 e. The van der Waals surface area contributed by atoms with Gasteiger partial charge in [-0.15, -0.1) is 0 Å². The maximum atomic E-state index is 11.7. The molecule has 100 valence electrons. The second-order valence-electron chi connectivity index (χ2n) is 5.33. The van der Waals surface area contributed by atoms with Crippen LogP contribution in [0.1, 0.15) is 32.0 Å². The van der Waals surface area contributed by atoms with Gasteiger partial charge >= 0.3 is 0 Å². The van der Waals surface area contributed by atoms with Gasteiger partial charge < -0.3 is 10.1 Å². The van der Waals surface area contributed by atoms with Gasteiger partial charge in [-0.3, -0.25) is 4.79 Å². The van der Waals surface area contributed by atoms with E-state index in [1.807, 2.05) is 16.4 Å². The van der Waals surface area contributed by atoms with Gasteiger partial charge in [0.25, 0.3) is 5.91 Å². The lowest BCUT2D eigenvalue weighted by atomic mass is 10.1. The number of aromatic nitrogens is 2. The third-order valence-electron chi connectivity index (χ3n) is 2.72. The third-order valence-corrected chi connectivity index (χ3v) is 3.69. The van der Waals surface area contributed by atoms with E-state index in [4.69, 9.17) is 4.74 Å². The van der Waals surface area contributed by atoms with Gasteiger partial charge in [-0.25, -0.2) is 4.68 Å². The number of fused-ring (bicyclic) bond motifs is 1. The molecule has 0 aliphatic carbocycles. The number of rotatable bonds is 3. The molecule has 1 aromatic rings. The summed E-state index contributed by atoms with van der Waals surface area (Å²) in [5.74, 6) is 2.52. The van der Waals surface area contributed by atoms with Crippen molar-refractivity contribution in [1.82, 2.24) is 9.78 Å². The Hall–Kier alpha value is -1.01. The van der Waals surface area contributed by atoms with E-state index in [0.29, 0.717) is 0 Å². The molecule has 1 aromatic heterocycles. The van der Waals surface area contributed by atoms with Crippen LogP contribution in [-0.4, -0.2) is 29.4 Å². The first-order valence-corrected chi connectivity index (χ1v) is 7.06. The average molecular weight is 269 g/mol. The van der Waals surface area contributed by atoms with Gasteiger partial charge in [-0.1, -0.05) is 0 Å². The standard InChI is InChI=1S/C12H19N3O2S/c1-12(2,3)15-11(13-10(16)5-17-4)8-6-18-7-9(8)14-15/h5-7H2,1-4H3,(H,13,16). The Morgan fingerprint density at radius 2 is 2.22 bits per heavy atom. The summed E-state index contributed by atoms with van der Waals surface area (Å²) in [5.41, 5.74) is 2.09. The molecule has 2 heterocycles. The second kappa shape index (κ2) is 4.93. The first-order valence-electron chi connectivity index (χ1n) is 5.91. The minimum Gasteiger partial charge on any atom is -0.375 e. The van der Waals surface area contributed by atoms with Crippen LogP contribution < -0.4 is 5.32 Å². The highest BCUT2D eigenvalue weighted by molar-refractivity contribution is 7.98. The van der Waals surface area contributed by atoms with Gasteiger partial charge in [0, 0.05) is 24.2 Å². The predicted octanol–water partition coefficient (Wildman–Crippen LogP) is 1.97. The predicted molar refractivity (Wildman–Crippen MR) is 72.7 cm³/mol. The van der Waals surface area contributed by atoms with Crippen LogP contribution in [-0.2, 0) is 26.6 Å². The van der Waals surface area contributed by atoms with Crippen molar-refractivity contribution in [2.45, 2.75) is 37.8 Å². The monoisotopic (exact) mass is 269 g/mol. The van der Waals surface area contributed by atoms with Crippen LogP contribution in [0.3, 0.4) is 0 Å². The van der Waals surface area contributed by atoms with E-state index >= 15 is 0 Å². The number of hydrogen-bond acceptors (Lipinski definition) is 4. The maximum absolute atomic E-state index is 11.7. The summed E-state index contributed by atoms with van der Waals surface area (Å²) in [7, 11) is 1.51. The minimum atomic E-state index is -0.148. The first kappa shape index (κ1) is 13.4. The summed E-state index contributed by atoms with van der Waals surface area (Å²) in [6.07, 6.45) is 0. The molecule has 0 spiro atoms. The second-order valence-corrected chi connectivity index (χ2v) is 6.32. The lowest BCUT2D eigenvalue weighted by molar-refractivity contribution is -0.119. The number of carbonyl (C=O) groups excluding carboxylic acids is 1. The highest BCUT2D eigenvalue weighted by Crippen LogP contribution is 2.36. The molecule has 0 saturated carbocycles. The summed E-state index contributed by atoms with van der Waals surface area (Å²) in [6, 6.07) is 0. The van der Waals surface area contributed by atoms with Gasteiger partial charge in [-0.2, -0.15) is 16.9 Å². The van der Waals surface area contributed by atoms with Crippen LogP contribution in [0.2, 0.25) is 0 Å². The molecular weight excluding hydrogens is 250 g/mol. The summed E-state index contributed by atoms with van der Waals surface area (Å²) in [6.45, 7) is 6.30. The van der Waals surface area contributed by atoms with Gasteiger partial charge in [0.05, 0.1) is 11.2 Å². The lowest BCUT2D eigenvalue weighted by Gasteiger charge is -2.23. The first-order chi connectivity index (χ1) is 8.43. The van der Waals surface area contributed by atoms with Crippen molar-refractivity contribution in [1.29, 1.82) is 0 Å².